The Morgan fingerprint density at radius 3 is 2.74 bits per heavy atom. The zero-order valence-electron chi connectivity index (χ0n) is 13.1. The molecule has 2 heterocycles. The number of carbonyl (C=O) groups is 2. The van der Waals surface area contributed by atoms with Crippen LogP contribution in [0.1, 0.15) is 21.7 Å². The van der Waals surface area contributed by atoms with Crippen LogP contribution in [0.5, 0.6) is 5.75 Å². The molecule has 1 saturated heterocycles. The highest BCUT2D eigenvalue weighted by atomic mass is 32.1. The summed E-state index contributed by atoms with van der Waals surface area (Å²) in [4.78, 5) is 28.6. The van der Waals surface area contributed by atoms with Crippen LogP contribution >= 0.6 is 11.3 Å². The molecule has 1 aliphatic rings. The van der Waals surface area contributed by atoms with Crippen molar-refractivity contribution in [3.05, 3.63) is 28.6 Å². The fourth-order valence-electron chi connectivity index (χ4n) is 2.87. The molecule has 23 heavy (non-hydrogen) atoms. The molecule has 1 aromatic heterocycles. The molecule has 0 aliphatic carbocycles. The van der Waals surface area contributed by atoms with E-state index in [1.807, 2.05) is 17.0 Å². The molecular weight excluding hydrogens is 312 g/mol. The Balaban J connectivity index is 1.67. The van der Waals surface area contributed by atoms with Crippen molar-refractivity contribution in [3.8, 4) is 5.75 Å². The third-order valence-electron chi connectivity index (χ3n) is 4.33. The first-order chi connectivity index (χ1) is 11.1. The number of amides is 1. The normalized spacial score (nSPS) is 16.0. The van der Waals surface area contributed by atoms with Gasteiger partial charge in [-0.3, -0.25) is 9.59 Å². The van der Waals surface area contributed by atoms with Crippen molar-refractivity contribution < 1.29 is 14.7 Å². The van der Waals surface area contributed by atoms with E-state index in [4.69, 9.17) is 0 Å². The van der Waals surface area contributed by atoms with Gasteiger partial charge in [-0.05, 0) is 31.7 Å². The lowest BCUT2D eigenvalue weighted by molar-refractivity contribution is -0.132. The summed E-state index contributed by atoms with van der Waals surface area (Å²) in [5.74, 6) is 0.194. The molecule has 6 heteroatoms. The number of aromatic hydroxyl groups is 1. The molecule has 0 atom stereocenters. The summed E-state index contributed by atoms with van der Waals surface area (Å²) in [5, 5.41) is 10.5. The zero-order chi connectivity index (χ0) is 16.4. The van der Waals surface area contributed by atoms with Crippen molar-refractivity contribution in [1.82, 2.24) is 9.80 Å². The number of hydrogen-bond donors (Lipinski definition) is 1. The van der Waals surface area contributed by atoms with Gasteiger partial charge >= 0.3 is 0 Å². The number of aldehydes is 1. The third kappa shape index (κ3) is 3.38. The van der Waals surface area contributed by atoms with E-state index in [1.54, 1.807) is 17.4 Å². The minimum Gasteiger partial charge on any atom is -0.507 e. The van der Waals surface area contributed by atoms with Crippen molar-refractivity contribution >= 4 is 33.6 Å². The van der Waals surface area contributed by atoms with Crippen LogP contribution in [0.15, 0.2) is 18.2 Å². The van der Waals surface area contributed by atoms with Crippen molar-refractivity contribution in [3.63, 3.8) is 0 Å². The lowest BCUT2D eigenvalue weighted by atomic mass is 10.1. The number of aryl methyl sites for hydroxylation is 1. The number of rotatable bonds is 4. The van der Waals surface area contributed by atoms with Gasteiger partial charge in [-0.2, -0.15) is 0 Å². The maximum atomic E-state index is 12.3. The van der Waals surface area contributed by atoms with E-state index in [0.29, 0.717) is 24.7 Å². The monoisotopic (exact) mass is 332 g/mol. The Morgan fingerprint density at radius 2 is 2.04 bits per heavy atom. The highest BCUT2D eigenvalue weighted by Crippen LogP contribution is 2.32. The summed E-state index contributed by atoms with van der Waals surface area (Å²) in [6.07, 6.45) is 1.84. The molecule has 0 saturated carbocycles. The van der Waals surface area contributed by atoms with Gasteiger partial charge in [0.25, 0.3) is 0 Å². The smallest absolute Gasteiger partial charge is 0.223 e. The number of carbonyl (C=O) groups excluding carboxylic acids is 2. The first kappa shape index (κ1) is 16.0. The van der Waals surface area contributed by atoms with Gasteiger partial charge in [0.2, 0.25) is 5.91 Å². The number of phenolic OH excluding ortho intramolecular Hbond substituents is 1. The van der Waals surface area contributed by atoms with Crippen LogP contribution in [0.2, 0.25) is 0 Å². The fourth-order valence-corrected chi connectivity index (χ4v) is 3.94. The van der Waals surface area contributed by atoms with E-state index in [-0.39, 0.29) is 11.7 Å². The Bertz CT molecular complexity index is 733. The molecule has 2 aromatic rings. The summed E-state index contributed by atoms with van der Waals surface area (Å²) in [6.45, 7) is 3.45. The van der Waals surface area contributed by atoms with Crippen LogP contribution in [0.4, 0.5) is 0 Å². The highest BCUT2D eigenvalue weighted by molar-refractivity contribution is 7.19. The van der Waals surface area contributed by atoms with Crippen LogP contribution in [0.3, 0.4) is 0 Å². The SMILES string of the molecule is CN1CCN(C(=O)CCc2cc3c(C=O)c(O)ccc3s2)CC1. The van der Waals surface area contributed by atoms with Crippen molar-refractivity contribution in [1.29, 1.82) is 0 Å². The molecule has 1 fully saturated rings. The summed E-state index contributed by atoms with van der Waals surface area (Å²) < 4.78 is 0.965. The number of phenols is 1. The second kappa shape index (κ2) is 6.68. The molecule has 1 aliphatic heterocycles. The number of likely N-dealkylation sites (N-methyl/N-ethyl adjacent to an activating group) is 1. The molecule has 0 radical (unpaired) electrons. The quantitative estimate of drug-likeness (QED) is 0.871. The van der Waals surface area contributed by atoms with E-state index in [9.17, 15) is 14.7 Å². The van der Waals surface area contributed by atoms with Gasteiger partial charge in [0.05, 0.1) is 5.56 Å². The second-order valence-electron chi connectivity index (χ2n) is 5.92. The molecule has 1 amide bonds. The topological polar surface area (TPSA) is 60.9 Å². The lowest BCUT2D eigenvalue weighted by Crippen LogP contribution is -2.47. The third-order valence-corrected chi connectivity index (χ3v) is 5.49. The van der Waals surface area contributed by atoms with E-state index < -0.39 is 0 Å². The Kier molecular flexibility index (Phi) is 4.63. The summed E-state index contributed by atoms with van der Waals surface area (Å²) in [7, 11) is 2.07. The molecule has 122 valence electrons. The fraction of sp³-hybridized carbons (Fsp3) is 0.412. The molecule has 0 unspecified atom stereocenters. The van der Waals surface area contributed by atoms with E-state index >= 15 is 0 Å². The molecule has 3 rings (SSSR count). The van der Waals surface area contributed by atoms with Crippen molar-refractivity contribution in [2.24, 2.45) is 0 Å². The van der Waals surface area contributed by atoms with Gasteiger partial charge in [-0.25, -0.2) is 0 Å². The zero-order valence-corrected chi connectivity index (χ0v) is 13.9. The highest BCUT2D eigenvalue weighted by Gasteiger charge is 2.19. The largest absolute Gasteiger partial charge is 0.507 e. The summed E-state index contributed by atoms with van der Waals surface area (Å²) in [6, 6.07) is 5.27. The van der Waals surface area contributed by atoms with Gasteiger partial charge in [-0.1, -0.05) is 0 Å². The van der Waals surface area contributed by atoms with Crippen LogP contribution in [0.25, 0.3) is 10.1 Å². The number of nitrogens with zero attached hydrogens (tertiary/aromatic N) is 2. The molecular formula is C17H20N2O3S. The van der Waals surface area contributed by atoms with Crippen molar-refractivity contribution in [2.45, 2.75) is 12.8 Å². The van der Waals surface area contributed by atoms with Crippen molar-refractivity contribution in [2.75, 3.05) is 33.2 Å². The van der Waals surface area contributed by atoms with E-state index in [0.717, 1.165) is 41.1 Å². The first-order valence-corrected chi connectivity index (χ1v) is 8.56. The number of thiophene rings is 1. The maximum absolute atomic E-state index is 12.3. The maximum Gasteiger partial charge on any atom is 0.223 e. The van der Waals surface area contributed by atoms with Gasteiger partial charge in [0.1, 0.15) is 5.75 Å². The predicted octanol–water partition coefficient (Wildman–Crippen LogP) is 2.13. The average molecular weight is 332 g/mol. The predicted molar refractivity (Wildman–Crippen MR) is 91.3 cm³/mol. The van der Waals surface area contributed by atoms with E-state index in [2.05, 4.69) is 11.9 Å². The number of piperazine rings is 1. The summed E-state index contributed by atoms with van der Waals surface area (Å²) >= 11 is 1.58. The number of benzene rings is 1. The van der Waals surface area contributed by atoms with Crippen LogP contribution < -0.4 is 0 Å². The lowest BCUT2D eigenvalue weighted by Gasteiger charge is -2.32. The Labute approximate surface area is 139 Å². The molecule has 0 bridgehead atoms. The minimum atomic E-state index is 0.00497. The van der Waals surface area contributed by atoms with Gasteiger partial charge in [0, 0.05) is 47.6 Å². The van der Waals surface area contributed by atoms with E-state index in [1.165, 1.54) is 0 Å². The molecule has 1 aromatic carbocycles. The van der Waals surface area contributed by atoms with Crippen LogP contribution in [0, 0.1) is 0 Å². The van der Waals surface area contributed by atoms with Gasteiger partial charge < -0.3 is 14.9 Å². The van der Waals surface area contributed by atoms with Gasteiger partial charge in [-0.15, -0.1) is 11.3 Å². The summed E-state index contributed by atoms with van der Waals surface area (Å²) in [5.41, 5.74) is 0.329. The first-order valence-electron chi connectivity index (χ1n) is 7.74. The number of fused-ring (bicyclic) bond motifs is 1. The number of hydrogen-bond acceptors (Lipinski definition) is 5. The second-order valence-corrected chi connectivity index (χ2v) is 7.09. The minimum absolute atomic E-state index is 0.00497. The average Bonchev–Trinajstić information content (AvgIpc) is 2.96. The van der Waals surface area contributed by atoms with Crippen LogP contribution in [-0.2, 0) is 11.2 Å². The van der Waals surface area contributed by atoms with Gasteiger partial charge in [0.15, 0.2) is 6.29 Å². The molecule has 1 N–H and O–H groups in total. The Morgan fingerprint density at radius 1 is 1.30 bits per heavy atom. The standard InChI is InChI=1S/C17H20N2O3S/c1-18-6-8-19(9-7-18)17(22)5-2-12-10-13-14(11-20)15(21)3-4-16(13)23-12/h3-4,10-11,21H,2,5-9H2,1H3. The van der Waals surface area contributed by atoms with Crippen LogP contribution in [-0.4, -0.2) is 60.3 Å². The molecule has 0 spiro atoms. The Hall–Kier alpha value is -1.92. The molecule has 5 nitrogen and oxygen atoms in total.